The number of ketones is 1. The number of thiophene rings is 1. The average molecular weight is 452 g/mol. The number of hydrogen-bond donors (Lipinski definition) is 1. The number of nitrogens with one attached hydrogen (secondary N) is 1. The fraction of sp³-hybridized carbons (Fsp3) is 0.385. The van der Waals surface area contributed by atoms with Gasteiger partial charge in [-0.2, -0.15) is 0 Å². The van der Waals surface area contributed by atoms with Crippen molar-refractivity contribution in [3.8, 4) is 0 Å². The lowest BCUT2D eigenvalue weighted by molar-refractivity contribution is -0.144. The standard InChI is InChI=1S/C26H26FNO3S/c1-15-23(26(30)31-17-7-2-3-8-17)24(18-9-4-5-10-19(18)27)25-20(28-15)13-16(14-21(25)29)22-11-6-12-32-22/h4-6,9-13,16-17,24-25,28H,2-3,7-8,14H2,1H3. The number of allylic oxidation sites excluding steroid dienone is 3. The molecule has 0 spiro atoms. The molecule has 0 saturated heterocycles. The molecule has 5 rings (SSSR count). The minimum Gasteiger partial charge on any atom is -0.459 e. The van der Waals surface area contributed by atoms with Crippen LogP contribution in [-0.2, 0) is 14.3 Å². The van der Waals surface area contributed by atoms with Crippen LogP contribution in [0.25, 0.3) is 0 Å². The van der Waals surface area contributed by atoms with Crippen molar-refractivity contribution < 1.29 is 18.7 Å². The lowest BCUT2D eigenvalue weighted by Crippen LogP contribution is -2.42. The van der Waals surface area contributed by atoms with Gasteiger partial charge in [-0.25, -0.2) is 9.18 Å². The Balaban J connectivity index is 1.59. The molecule has 1 saturated carbocycles. The predicted octanol–water partition coefficient (Wildman–Crippen LogP) is 5.59. The molecule has 6 heteroatoms. The highest BCUT2D eigenvalue weighted by atomic mass is 32.1. The number of Topliss-reactive ketones (excluding diaryl/α,β-unsaturated/α-hetero) is 1. The summed E-state index contributed by atoms with van der Waals surface area (Å²) in [5.41, 5.74) is 2.11. The summed E-state index contributed by atoms with van der Waals surface area (Å²) in [4.78, 5) is 27.9. The number of hydrogen-bond acceptors (Lipinski definition) is 5. The van der Waals surface area contributed by atoms with Gasteiger partial charge in [0.25, 0.3) is 0 Å². The predicted molar refractivity (Wildman–Crippen MR) is 122 cm³/mol. The summed E-state index contributed by atoms with van der Waals surface area (Å²) in [6.45, 7) is 1.81. The van der Waals surface area contributed by atoms with Crippen molar-refractivity contribution in [3.63, 3.8) is 0 Å². The number of esters is 1. The van der Waals surface area contributed by atoms with Crippen LogP contribution in [0.15, 0.2) is 64.8 Å². The van der Waals surface area contributed by atoms with Crippen LogP contribution in [0, 0.1) is 11.7 Å². The largest absolute Gasteiger partial charge is 0.459 e. The van der Waals surface area contributed by atoms with E-state index in [2.05, 4.69) is 11.4 Å². The lowest BCUT2D eigenvalue weighted by atomic mass is 9.69. The van der Waals surface area contributed by atoms with Crippen molar-refractivity contribution in [1.29, 1.82) is 0 Å². The third-order valence-electron chi connectivity index (χ3n) is 6.81. The van der Waals surface area contributed by atoms with Gasteiger partial charge in [0.05, 0.1) is 11.5 Å². The first kappa shape index (κ1) is 21.1. The Labute approximate surface area is 191 Å². The minimum atomic E-state index is -0.700. The molecule has 4 nitrogen and oxygen atoms in total. The van der Waals surface area contributed by atoms with E-state index >= 15 is 4.39 Å². The van der Waals surface area contributed by atoms with Gasteiger partial charge in [0.1, 0.15) is 17.7 Å². The number of benzene rings is 1. The van der Waals surface area contributed by atoms with E-state index in [0.29, 0.717) is 23.3 Å². The Morgan fingerprint density at radius 1 is 1.12 bits per heavy atom. The zero-order chi connectivity index (χ0) is 22.2. The summed E-state index contributed by atoms with van der Waals surface area (Å²) in [5, 5.41) is 5.32. The van der Waals surface area contributed by atoms with E-state index in [1.165, 1.54) is 6.07 Å². The molecule has 0 bridgehead atoms. The van der Waals surface area contributed by atoms with E-state index in [4.69, 9.17) is 4.74 Å². The van der Waals surface area contributed by atoms with Crippen LogP contribution in [-0.4, -0.2) is 17.9 Å². The number of carbonyl (C=O) groups excluding carboxylic acids is 2. The highest BCUT2D eigenvalue weighted by Gasteiger charge is 2.46. The Kier molecular flexibility index (Phi) is 5.72. The number of carbonyl (C=O) groups is 2. The van der Waals surface area contributed by atoms with E-state index in [9.17, 15) is 9.59 Å². The molecule has 3 unspecified atom stereocenters. The van der Waals surface area contributed by atoms with Crippen molar-refractivity contribution in [2.75, 3.05) is 0 Å². The first-order valence-corrected chi connectivity index (χ1v) is 12.1. The van der Waals surface area contributed by atoms with E-state index in [1.54, 1.807) is 29.5 Å². The maximum absolute atomic E-state index is 15.0. The van der Waals surface area contributed by atoms with Crippen molar-refractivity contribution in [2.45, 2.75) is 57.0 Å². The van der Waals surface area contributed by atoms with Crippen LogP contribution in [0.3, 0.4) is 0 Å². The summed E-state index contributed by atoms with van der Waals surface area (Å²) in [6, 6.07) is 10.5. The molecular weight excluding hydrogens is 425 g/mol. The molecule has 0 radical (unpaired) electrons. The summed E-state index contributed by atoms with van der Waals surface area (Å²) < 4.78 is 20.8. The van der Waals surface area contributed by atoms with Gasteiger partial charge in [-0.15, -0.1) is 11.3 Å². The zero-order valence-electron chi connectivity index (χ0n) is 18.0. The Hall–Kier alpha value is -2.73. The quantitative estimate of drug-likeness (QED) is 0.616. The summed E-state index contributed by atoms with van der Waals surface area (Å²) in [6.07, 6.45) is 6.11. The zero-order valence-corrected chi connectivity index (χ0v) is 18.8. The van der Waals surface area contributed by atoms with Gasteiger partial charge in [-0.3, -0.25) is 4.79 Å². The van der Waals surface area contributed by atoms with Gasteiger partial charge in [0, 0.05) is 34.5 Å². The normalized spacial score (nSPS) is 25.9. The minimum absolute atomic E-state index is 0.0117. The van der Waals surface area contributed by atoms with E-state index < -0.39 is 23.6 Å². The summed E-state index contributed by atoms with van der Waals surface area (Å²) >= 11 is 1.62. The van der Waals surface area contributed by atoms with Crippen molar-refractivity contribution in [2.24, 2.45) is 5.92 Å². The second-order valence-electron chi connectivity index (χ2n) is 8.87. The Morgan fingerprint density at radius 2 is 1.91 bits per heavy atom. The van der Waals surface area contributed by atoms with Gasteiger partial charge < -0.3 is 10.1 Å². The second kappa shape index (κ2) is 8.66. The van der Waals surface area contributed by atoms with Crippen LogP contribution >= 0.6 is 11.3 Å². The van der Waals surface area contributed by atoms with Gasteiger partial charge >= 0.3 is 5.97 Å². The molecule has 32 heavy (non-hydrogen) atoms. The highest BCUT2D eigenvalue weighted by molar-refractivity contribution is 7.10. The molecule has 1 aliphatic heterocycles. The van der Waals surface area contributed by atoms with Crippen LogP contribution in [0.1, 0.15) is 61.3 Å². The van der Waals surface area contributed by atoms with E-state index in [-0.39, 0.29) is 17.8 Å². The molecule has 2 aromatic rings. The molecule has 1 fully saturated rings. The van der Waals surface area contributed by atoms with E-state index in [1.807, 2.05) is 24.4 Å². The number of fused-ring (bicyclic) bond motifs is 1. The van der Waals surface area contributed by atoms with Crippen LogP contribution in [0.5, 0.6) is 0 Å². The molecule has 1 N–H and O–H groups in total. The summed E-state index contributed by atoms with van der Waals surface area (Å²) in [5.74, 6) is -2.18. The van der Waals surface area contributed by atoms with Crippen molar-refractivity contribution in [3.05, 3.63) is 81.1 Å². The molecule has 3 atom stereocenters. The van der Waals surface area contributed by atoms with Crippen LogP contribution in [0.4, 0.5) is 4.39 Å². The first-order chi connectivity index (χ1) is 15.5. The van der Waals surface area contributed by atoms with Gasteiger partial charge in [-0.05, 0) is 55.7 Å². The highest BCUT2D eigenvalue weighted by Crippen LogP contribution is 2.47. The molecule has 1 aromatic carbocycles. The van der Waals surface area contributed by atoms with Crippen LogP contribution in [0.2, 0.25) is 0 Å². The molecule has 166 valence electrons. The molecule has 1 aromatic heterocycles. The number of halogens is 1. The van der Waals surface area contributed by atoms with Crippen molar-refractivity contribution in [1.82, 2.24) is 5.32 Å². The third-order valence-corrected chi connectivity index (χ3v) is 7.81. The van der Waals surface area contributed by atoms with Crippen LogP contribution < -0.4 is 5.32 Å². The molecule has 3 aliphatic rings. The second-order valence-corrected chi connectivity index (χ2v) is 9.85. The smallest absolute Gasteiger partial charge is 0.336 e. The fourth-order valence-electron chi connectivity index (χ4n) is 5.31. The first-order valence-electron chi connectivity index (χ1n) is 11.2. The topological polar surface area (TPSA) is 55.4 Å². The molecule has 2 aliphatic carbocycles. The Bertz CT molecular complexity index is 1100. The van der Waals surface area contributed by atoms with Crippen molar-refractivity contribution >= 4 is 23.1 Å². The van der Waals surface area contributed by atoms with Gasteiger partial charge in [0.15, 0.2) is 0 Å². The average Bonchev–Trinajstić information content (AvgIpc) is 3.47. The van der Waals surface area contributed by atoms with E-state index in [0.717, 1.165) is 36.3 Å². The summed E-state index contributed by atoms with van der Waals surface area (Å²) in [7, 11) is 0. The molecular formula is C26H26FNO3S. The fourth-order valence-corrected chi connectivity index (χ4v) is 6.11. The third kappa shape index (κ3) is 3.81. The lowest BCUT2D eigenvalue weighted by Gasteiger charge is -2.39. The maximum Gasteiger partial charge on any atom is 0.336 e. The molecule has 0 amide bonds. The Morgan fingerprint density at radius 3 is 2.62 bits per heavy atom. The number of ether oxygens (including phenoxy) is 1. The number of rotatable bonds is 4. The van der Waals surface area contributed by atoms with Gasteiger partial charge in [-0.1, -0.05) is 30.3 Å². The maximum atomic E-state index is 15.0. The molecule has 2 heterocycles. The van der Waals surface area contributed by atoms with Gasteiger partial charge in [0.2, 0.25) is 0 Å². The monoisotopic (exact) mass is 451 g/mol. The SMILES string of the molecule is CC1=C(C(=O)OC2CCCC2)C(c2ccccc2F)C2C(=O)CC(c3cccs3)C=C2N1.